The van der Waals surface area contributed by atoms with E-state index in [9.17, 15) is 26.4 Å². The molecule has 0 heterocycles. The molecule has 0 bridgehead atoms. The number of sulfonamides is 1. The molecule has 26 heavy (non-hydrogen) atoms. The fourth-order valence-corrected chi connectivity index (χ4v) is 3.01. The van der Waals surface area contributed by atoms with Gasteiger partial charge in [-0.1, -0.05) is 0 Å². The fourth-order valence-electron chi connectivity index (χ4n) is 1.93. The maximum Gasteiger partial charge on any atom is 0.573 e. The van der Waals surface area contributed by atoms with Crippen molar-refractivity contribution >= 4 is 21.7 Å². The molecule has 0 saturated heterocycles. The Morgan fingerprint density at radius 2 is 1.73 bits per heavy atom. The molecule has 2 aromatic rings. The van der Waals surface area contributed by atoms with Gasteiger partial charge < -0.3 is 14.6 Å². The lowest BCUT2D eigenvalue weighted by Gasteiger charge is -2.13. The van der Waals surface area contributed by atoms with Gasteiger partial charge in [-0.2, -0.15) is 0 Å². The molecule has 0 unspecified atom stereocenters. The zero-order chi connectivity index (χ0) is 19.5. The number of hydrogen-bond acceptors (Lipinski definition) is 5. The molecule has 140 valence electrons. The summed E-state index contributed by atoms with van der Waals surface area (Å²) in [5, 5.41) is 9.02. The van der Waals surface area contributed by atoms with Crippen molar-refractivity contribution in [1.29, 1.82) is 0 Å². The van der Waals surface area contributed by atoms with E-state index in [1.165, 1.54) is 31.4 Å². The molecule has 0 aliphatic rings. The molecule has 2 N–H and O–H groups in total. The number of carboxylic acids is 1. The first-order chi connectivity index (χ1) is 12.0. The lowest BCUT2D eigenvalue weighted by Crippen LogP contribution is -2.20. The number of ether oxygens (including phenoxy) is 2. The number of alkyl halides is 3. The largest absolute Gasteiger partial charge is 0.573 e. The predicted molar refractivity (Wildman–Crippen MR) is 83.9 cm³/mol. The van der Waals surface area contributed by atoms with Crippen LogP contribution in [0.25, 0.3) is 0 Å². The van der Waals surface area contributed by atoms with E-state index >= 15 is 0 Å². The van der Waals surface area contributed by atoms with E-state index in [4.69, 9.17) is 9.84 Å². The summed E-state index contributed by atoms with van der Waals surface area (Å²) in [6.45, 7) is 0. The van der Waals surface area contributed by atoms with Gasteiger partial charge in [-0.15, -0.1) is 13.2 Å². The first-order valence-electron chi connectivity index (χ1n) is 6.82. The number of aromatic carboxylic acids is 1. The van der Waals surface area contributed by atoms with Crippen LogP contribution in [-0.2, 0) is 10.0 Å². The topological polar surface area (TPSA) is 102 Å². The van der Waals surface area contributed by atoms with Crippen LogP contribution in [0, 0.1) is 0 Å². The molecule has 0 aliphatic heterocycles. The molecule has 0 spiro atoms. The lowest BCUT2D eigenvalue weighted by atomic mass is 10.2. The highest BCUT2D eigenvalue weighted by Crippen LogP contribution is 2.29. The quantitative estimate of drug-likeness (QED) is 0.785. The Morgan fingerprint density at radius 3 is 2.23 bits per heavy atom. The smallest absolute Gasteiger partial charge is 0.497 e. The van der Waals surface area contributed by atoms with E-state index < -0.39 is 38.6 Å². The van der Waals surface area contributed by atoms with E-state index in [-0.39, 0.29) is 5.69 Å². The van der Waals surface area contributed by atoms with Crippen LogP contribution >= 0.6 is 0 Å². The number of nitrogens with one attached hydrogen (secondary N) is 1. The third-order valence-electron chi connectivity index (χ3n) is 3.06. The van der Waals surface area contributed by atoms with Crippen LogP contribution in [0.4, 0.5) is 18.9 Å². The first kappa shape index (κ1) is 19.4. The van der Waals surface area contributed by atoms with Crippen molar-refractivity contribution in [3.05, 3.63) is 48.0 Å². The van der Waals surface area contributed by atoms with Gasteiger partial charge in [0.05, 0.1) is 12.0 Å². The SMILES string of the molecule is COc1ccc(NS(=O)(=O)c2ccc(OC(F)(F)F)c(C(=O)O)c2)cc1. The average Bonchev–Trinajstić information content (AvgIpc) is 2.53. The zero-order valence-corrected chi connectivity index (χ0v) is 13.9. The van der Waals surface area contributed by atoms with E-state index in [1.54, 1.807) is 0 Å². The van der Waals surface area contributed by atoms with Crippen molar-refractivity contribution in [2.45, 2.75) is 11.3 Å². The number of hydrogen-bond donors (Lipinski definition) is 2. The molecule has 0 aromatic heterocycles. The fraction of sp³-hybridized carbons (Fsp3) is 0.133. The molecule has 0 fully saturated rings. The Labute approximate surface area is 146 Å². The second kappa shape index (κ2) is 7.12. The number of methoxy groups -OCH3 is 1. The van der Waals surface area contributed by atoms with Gasteiger partial charge in [-0.25, -0.2) is 13.2 Å². The number of carboxylic acid groups (broad SMARTS) is 1. The van der Waals surface area contributed by atoms with Crippen LogP contribution in [0.1, 0.15) is 10.4 Å². The highest BCUT2D eigenvalue weighted by molar-refractivity contribution is 7.92. The van der Waals surface area contributed by atoms with Gasteiger partial charge in [0, 0.05) is 5.69 Å². The molecule has 11 heteroatoms. The Morgan fingerprint density at radius 1 is 1.12 bits per heavy atom. The van der Waals surface area contributed by atoms with Crippen LogP contribution in [0.3, 0.4) is 0 Å². The Hall–Kier alpha value is -2.95. The van der Waals surface area contributed by atoms with Gasteiger partial charge in [0.2, 0.25) is 0 Å². The van der Waals surface area contributed by atoms with Crippen molar-refractivity contribution in [1.82, 2.24) is 0 Å². The van der Waals surface area contributed by atoms with Crippen molar-refractivity contribution in [3.63, 3.8) is 0 Å². The predicted octanol–water partition coefficient (Wildman–Crippen LogP) is 3.09. The average molecular weight is 391 g/mol. The number of anilines is 1. The molecule has 0 aliphatic carbocycles. The number of carbonyl (C=O) groups is 1. The van der Waals surface area contributed by atoms with Gasteiger partial charge in [0.15, 0.2) is 0 Å². The Bertz CT molecular complexity index is 910. The zero-order valence-electron chi connectivity index (χ0n) is 13.1. The third kappa shape index (κ3) is 4.79. The van der Waals surface area contributed by atoms with Gasteiger partial charge in [0.1, 0.15) is 17.1 Å². The second-order valence-corrected chi connectivity index (χ2v) is 6.53. The summed E-state index contributed by atoms with van der Waals surface area (Å²) in [6, 6.07) is 7.78. The highest BCUT2D eigenvalue weighted by atomic mass is 32.2. The van der Waals surface area contributed by atoms with E-state index in [0.29, 0.717) is 17.9 Å². The second-order valence-electron chi connectivity index (χ2n) is 4.84. The standard InChI is InChI=1S/C15H12F3NO6S/c1-24-10-4-2-9(3-5-10)19-26(22,23)11-6-7-13(25-15(16,17)18)12(8-11)14(20)21/h2-8,19H,1H3,(H,20,21). The van der Waals surface area contributed by atoms with Crippen LogP contribution in [0.5, 0.6) is 11.5 Å². The van der Waals surface area contributed by atoms with E-state index in [0.717, 1.165) is 6.07 Å². The summed E-state index contributed by atoms with van der Waals surface area (Å²) in [5.74, 6) is -2.31. The summed E-state index contributed by atoms with van der Waals surface area (Å²) in [4.78, 5) is 10.6. The van der Waals surface area contributed by atoms with Crippen LogP contribution in [-0.4, -0.2) is 33.0 Å². The van der Waals surface area contributed by atoms with Crippen LogP contribution in [0.2, 0.25) is 0 Å². The first-order valence-corrected chi connectivity index (χ1v) is 8.30. The monoisotopic (exact) mass is 391 g/mol. The summed E-state index contributed by atoms with van der Waals surface area (Å²) in [5.41, 5.74) is -0.793. The molecule has 0 saturated carbocycles. The summed E-state index contributed by atoms with van der Waals surface area (Å²) < 4.78 is 72.3. The number of halogens is 3. The highest BCUT2D eigenvalue weighted by Gasteiger charge is 2.33. The lowest BCUT2D eigenvalue weighted by molar-refractivity contribution is -0.274. The number of benzene rings is 2. The van der Waals surface area contributed by atoms with Gasteiger partial charge >= 0.3 is 12.3 Å². The molecule has 2 aromatic carbocycles. The van der Waals surface area contributed by atoms with Crippen molar-refractivity contribution in [2.24, 2.45) is 0 Å². The van der Waals surface area contributed by atoms with Crippen molar-refractivity contribution in [2.75, 3.05) is 11.8 Å². The molecular formula is C15H12F3NO6S. The normalized spacial score (nSPS) is 11.7. The minimum Gasteiger partial charge on any atom is -0.497 e. The Balaban J connectivity index is 2.36. The van der Waals surface area contributed by atoms with Gasteiger partial charge in [0.25, 0.3) is 10.0 Å². The minimum atomic E-state index is -5.12. The summed E-state index contributed by atoms with van der Waals surface area (Å²) >= 11 is 0. The van der Waals surface area contributed by atoms with Crippen LogP contribution in [0.15, 0.2) is 47.4 Å². The molecule has 0 atom stereocenters. The van der Waals surface area contributed by atoms with E-state index in [2.05, 4.69) is 9.46 Å². The van der Waals surface area contributed by atoms with E-state index in [1.807, 2.05) is 0 Å². The van der Waals surface area contributed by atoms with Gasteiger partial charge in [-0.3, -0.25) is 4.72 Å². The minimum absolute atomic E-state index is 0.151. The maximum atomic E-state index is 12.3. The molecular weight excluding hydrogens is 379 g/mol. The molecule has 0 amide bonds. The maximum absolute atomic E-state index is 12.3. The third-order valence-corrected chi connectivity index (χ3v) is 4.44. The van der Waals surface area contributed by atoms with Crippen molar-refractivity contribution < 1.29 is 41.0 Å². The summed E-state index contributed by atoms with van der Waals surface area (Å²) in [7, 11) is -2.81. The summed E-state index contributed by atoms with van der Waals surface area (Å²) in [6.07, 6.45) is -5.12. The van der Waals surface area contributed by atoms with Crippen molar-refractivity contribution in [3.8, 4) is 11.5 Å². The molecule has 0 radical (unpaired) electrons. The molecule has 2 rings (SSSR count). The number of rotatable bonds is 6. The van der Waals surface area contributed by atoms with Gasteiger partial charge in [-0.05, 0) is 42.5 Å². The molecule has 7 nitrogen and oxygen atoms in total. The Kier molecular flexibility index (Phi) is 5.30. The van der Waals surface area contributed by atoms with Crippen LogP contribution < -0.4 is 14.2 Å².